The Balaban J connectivity index is 1.89. The molecule has 94 valence electrons. The largest absolute Gasteiger partial charge is 0.365 e. The van der Waals surface area contributed by atoms with E-state index in [0.717, 1.165) is 24.4 Å². The Hall–Kier alpha value is -1.21. The molecule has 0 radical (unpaired) electrons. The molecule has 1 aliphatic carbocycles. The lowest BCUT2D eigenvalue weighted by Crippen LogP contribution is -2.21. The fourth-order valence-corrected chi connectivity index (χ4v) is 3.82. The van der Waals surface area contributed by atoms with Crippen molar-refractivity contribution in [2.75, 3.05) is 16.8 Å². The molecular formula is C14H17N3S. The monoisotopic (exact) mass is 259 g/mol. The molecule has 2 heterocycles. The number of thioether (sulfide) groups is 1. The van der Waals surface area contributed by atoms with Gasteiger partial charge < -0.3 is 5.32 Å². The van der Waals surface area contributed by atoms with Crippen molar-refractivity contribution in [1.82, 2.24) is 4.98 Å². The van der Waals surface area contributed by atoms with Crippen LogP contribution in [0.2, 0.25) is 0 Å². The minimum Gasteiger partial charge on any atom is -0.365 e. The van der Waals surface area contributed by atoms with Crippen LogP contribution in [0, 0.1) is 11.3 Å². The minimum atomic E-state index is 0.483. The predicted molar refractivity (Wildman–Crippen MR) is 74.9 cm³/mol. The van der Waals surface area contributed by atoms with Crippen LogP contribution >= 0.6 is 11.8 Å². The average Bonchev–Trinajstić information content (AvgIpc) is 2.91. The normalized spacial score (nSPS) is 22.3. The van der Waals surface area contributed by atoms with Gasteiger partial charge in [-0.15, -0.1) is 0 Å². The molecule has 1 fully saturated rings. The lowest BCUT2D eigenvalue weighted by Gasteiger charge is -2.19. The van der Waals surface area contributed by atoms with Crippen molar-refractivity contribution < 1.29 is 0 Å². The summed E-state index contributed by atoms with van der Waals surface area (Å²) in [6, 6.07) is 4.82. The maximum atomic E-state index is 9.26. The van der Waals surface area contributed by atoms with Crippen LogP contribution < -0.4 is 5.32 Å². The second kappa shape index (κ2) is 5.19. The van der Waals surface area contributed by atoms with E-state index >= 15 is 0 Å². The first-order chi connectivity index (χ1) is 8.86. The van der Waals surface area contributed by atoms with Crippen molar-refractivity contribution in [3.8, 4) is 6.07 Å². The van der Waals surface area contributed by atoms with Crippen molar-refractivity contribution in [2.45, 2.75) is 38.1 Å². The standard InChI is InChI=1S/C14H17N3S/c15-8-11-7-10-3-1-2-4-13(10)17-14(11)16-12-5-6-18-9-12/h7,12H,1-6,9H2,(H,16,17). The Bertz CT molecular complexity index is 487. The molecule has 2 aliphatic rings. The second-order valence-electron chi connectivity index (χ2n) is 5.01. The number of aryl methyl sites for hydroxylation is 2. The molecule has 18 heavy (non-hydrogen) atoms. The zero-order chi connectivity index (χ0) is 12.4. The van der Waals surface area contributed by atoms with Crippen LogP contribution in [0.4, 0.5) is 5.82 Å². The van der Waals surface area contributed by atoms with Gasteiger partial charge in [-0.2, -0.15) is 17.0 Å². The van der Waals surface area contributed by atoms with Gasteiger partial charge in [0.15, 0.2) is 0 Å². The van der Waals surface area contributed by atoms with Gasteiger partial charge in [-0.05, 0) is 49.5 Å². The number of anilines is 1. The lowest BCUT2D eigenvalue weighted by atomic mass is 9.95. The lowest BCUT2D eigenvalue weighted by molar-refractivity contribution is 0.666. The quantitative estimate of drug-likeness (QED) is 0.887. The van der Waals surface area contributed by atoms with Gasteiger partial charge in [-0.25, -0.2) is 4.98 Å². The number of pyridine rings is 1. The molecule has 3 rings (SSSR count). The molecule has 1 aliphatic heterocycles. The van der Waals surface area contributed by atoms with Gasteiger partial charge in [-0.1, -0.05) is 0 Å². The zero-order valence-electron chi connectivity index (χ0n) is 10.4. The summed E-state index contributed by atoms with van der Waals surface area (Å²) in [6.07, 6.45) is 5.77. The fourth-order valence-electron chi connectivity index (χ4n) is 2.67. The van der Waals surface area contributed by atoms with E-state index in [1.165, 1.54) is 36.3 Å². The SMILES string of the molecule is N#Cc1cc2c(nc1NC1CCSC1)CCCC2. The van der Waals surface area contributed by atoms with Crippen LogP contribution in [0.25, 0.3) is 0 Å². The highest BCUT2D eigenvalue weighted by molar-refractivity contribution is 7.99. The Morgan fingerprint density at radius 2 is 2.28 bits per heavy atom. The summed E-state index contributed by atoms with van der Waals surface area (Å²) in [4.78, 5) is 4.70. The van der Waals surface area contributed by atoms with Crippen molar-refractivity contribution in [2.24, 2.45) is 0 Å². The van der Waals surface area contributed by atoms with Crippen molar-refractivity contribution >= 4 is 17.6 Å². The van der Waals surface area contributed by atoms with Gasteiger partial charge in [-0.3, -0.25) is 0 Å². The van der Waals surface area contributed by atoms with Gasteiger partial charge in [0.25, 0.3) is 0 Å². The number of aromatic nitrogens is 1. The smallest absolute Gasteiger partial charge is 0.144 e. The first-order valence-corrected chi connectivity index (χ1v) is 7.79. The van der Waals surface area contributed by atoms with Crippen molar-refractivity contribution in [1.29, 1.82) is 5.26 Å². The summed E-state index contributed by atoms with van der Waals surface area (Å²) in [5.41, 5.74) is 3.20. The number of nitrogens with zero attached hydrogens (tertiary/aromatic N) is 2. The van der Waals surface area contributed by atoms with E-state index in [1.54, 1.807) is 0 Å². The minimum absolute atomic E-state index is 0.483. The van der Waals surface area contributed by atoms with E-state index in [4.69, 9.17) is 4.98 Å². The van der Waals surface area contributed by atoms with E-state index in [9.17, 15) is 5.26 Å². The molecule has 1 unspecified atom stereocenters. The van der Waals surface area contributed by atoms with E-state index in [2.05, 4.69) is 11.4 Å². The zero-order valence-corrected chi connectivity index (χ0v) is 11.2. The van der Waals surface area contributed by atoms with Gasteiger partial charge in [0, 0.05) is 17.5 Å². The van der Waals surface area contributed by atoms with Gasteiger partial charge in [0.2, 0.25) is 0 Å². The van der Waals surface area contributed by atoms with Crippen LogP contribution in [0.1, 0.15) is 36.1 Å². The molecule has 0 amide bonds. The van der Waals surface area contributed by atoms with Gasteiger partial charge in [0.05, 0.1) is 5.56 Å². The molecule has 1 N–H and O–H groups in total. The molecular weight excluding hydrogens is 242 g/mol. The van der Waals surface area contributed by atoms with E-state index in [-0.39, 0.29) is 0 Å². The van der Waals surface area contributed by atoms with Crippen LogP contribution in [-0.4, -0.2) is 22.5 Å². The maximum Gasteiger partial charge on any atom is 0.144 e. The summed E-state index contributed by atoms with van der Waals surface area (Å²) < 4.78 is 0. The molecule has 3 nitrogen and oxygen atoms in total. The molecule has 4 heteroatoms. The Morgan fingerprint density at radius 3 is 3.06 bits per heavy atom. The molecule has 0 spiro atoms. The molecule has 0 saturated carbocycles. The Labute approximate surface area is 112 Å². The molecule has 1 saturated heterocycles. The Kier molecular flexibility index (Phi) is 3.42. The van der Waals surface area contributed by atoms with Crippen LogP contribution in [0.5, 0.6) is 0 Å². The third-order valence-corrected chi connectivity index (χ3v) is 4.85. The molecule has 1 atom stereocenters. The van der Waals surface area contributed by atoms with Gasteiger partial charge >= 0.3 is 0 Å². The molecule has 1 aromatic rings. The highest BCUT2D eigenvalue weighted by atomic mass is 32.2. The first-order valence-electron chi connectivity index (χ1n) is 6.64. The van der Waals surface area contributed by atoms with E-state index < -0.39 is 0 Å². The predicted octanol–water partition coefficient (Wildman–Crippen LogP) is 2.75. The third kappa shape index (κ3) is 2.32. The number of rotatable bonds is 2. The van der Waals surface area contributed by atoms with Crippen molar-refractivity contribution in [3.63, 3.8) is 0 Å². The summed E-state index contributed by atoms with van der Waals surface area (Å²) in [6.45, 7) is 0. The number of hydrogen-bond acceptors (Lipinski definition) is 4. The summed E-state index contributed by atoms with van der Waals surface area (Å²) in [5.74, 6) is 3.15. The summed E-state index contributed by atoms with van der Waals surface area (Å²) in [5, 5.41) is 12.7. The number of nitriles is 1. The first kappa shape index (κ1) is 11.9. The van der Waals surface area contributed by atoms with Crippen molar-refractivity contribution in [3.05, 3.63) is 22.9 Å². The van der Waals surface area contributed by atoms with Crippen LogP contribution in [-0.2, 0) is 12.8 Å². The topological polar surface area (TPSA) is 48.7 Å². The summed E-state index contributed by atoms with van der Waals surface area (Å²) >= 11 is 1.97. The Morgan fingerprint density at radius 1 is 1.39 bits per heavy atom. The fraction of sp³-hybridized carbons (Fsp3) is 0.571. The molecule has 0 bridgehead atoms. The number of nitrogens with one attached hydrogen (secondary N) is 1. The molecule has 1 aromatic heterocycles. The highest BCUT2D eigenvalue weighted by Crippen LogP contribution is 2.26. The summed E-state index contributed by atoms with van der Waals surface area (Å²) in [7, 11) is 0. The maximum absolute atomic E-state index is 9.26. The van der Waals surface area contributed by atoms with Crippen LogP contribution in [0.3, 0.4) is 0 Å². The van der Waals surface area contributed by atoms with Crippen LogP contribution in [0.15, 0.2) is 6.07 Å². The highest BCUT2D eigenvalue weighted by Gasteiger charge is 2.19. The van der Waals surface area contributed by atoms with E-state index in [1.807, 2.05) is 17.8 Å². The van der Waals surface area contributed by atoms with E-state index in [0.29, 0.717) is 11.6 Å². The van der Waals surface area contributed by atoms with Gasteiger partial charge in [0.1, 0.15) is 11.9 Å². The average molecular weight is 259 g/mol. The number of fused-ring (bicyclic) bond motifs is 1. The number of hydrogen-bond donors (Lipinski definition) is 1. The molecule has 0 aromatic carbocycles. The second-order valence-corrected chi connectivity index (χ2v) is 6.16. The third-order valence-electron chi connectivity index (χ3n) is 3.69.